The van der Waals surface area contributed by atoms with E-state index in [9.17, 15) is 12.8 Å². The summed E-state index contributed by atoms with van der Waals surface area (Å²) in [5.74, 6) is -0.486. The average Bonchev–Trinajstić information content (AvgIpc) is 2.38. The summed E-state index contributed by atoms with van der Waals surface area (Å²) in [4.78, 5) is 0. The van der Waals surface area contributed by atoms with Crippen LogP contribution in [0.4, 0.5) is 10.1 Å². The molecule has 0 saturated heterocycles. The van der Waals surface area contributed by atoms with Crippen LogP contribution in [0.5, 0.6) is 5.75 Å². The third-order valence-electron chi connectivity index (χ3n) is 2.84. The molecule has 1 rings (SSSR count). The minimum Gasteiger partial charge on any atom is -0.491 e. The highest BCUT2D eigenvalue weighted by atomic mass is 32.2. The first kappa shape index (κ1) is 17.7. The molecular weight excluding hydrogens is 295 g/mol. The lowest BCUT2D eigenvalue weighted by Crippen LogP contribution is -2.37. The Morgan fingerprint density at radius 3 is 2.48 bits per heavy atom. The fraction of sp³-hybridized carbons (Fsp3) is 0.571. The van der Waals surface area contributed by atoms with E-state index in [-0.39, 0.29) is 17.5 Å². The topological polar surface area (TPSA) is 67.4 Å². The standard InChI is InChI=1S/C14H23FN2O3S/c1-5-20-14-7-6-12(8-13(14)15)17-21(18,19)11(4)9-16-10(2)3/h6-8,10-11,16-17H,5,9H2,1-4H3. The minimum atomic E-state index is -3.57. The van der Waals surface area contributed by atoms with Gasteiger partial charge in [-0.3, -0.25) is 4.72 Å². The molecule has 1 atom stereocenters. The molecule has 0 saturated carbocycles. The Labute approximate surface area is 125 Å². The van der Waals surface area contributed by atoms with E-state index in [2.05, 4.69) is 10.0 Å². The van der Waals surface area contributed by atoms with Crippen LogP contribution in [-0.4, -0.2) is 32.9 Å². The molecule has 1 aromatic carbocycles. The van der Waals surface area contributed by atoms with Gasteiger partial charge in [-0.15, -0.1) is 0 Å². The van der Waals surface area contributed by atoms with Gasteiger partial charge in [-0.05, 0) is 26.0 Å². The Kier molecular flexibility index (Phi) is 6.42. The molecule has 0 spiro atoms. The molecular formula is C14H23FN2O3S. The monoisotopic (exact) mass is 318 g/mol. The Hall–Kier alpha value is -1.34. The van der Waals surface area contributed by atoms with E-state index in [4.69, 9.17) is 4.74 Å². The van der Waals surface area contributed by atoms with Crippen molar-refractivity contribution in [3.8, 4) is 5.75 Å². The fourth-order valence-corrected chi connectivity index (χ4v) is 2.59. The zero-order chi connectivity index (χ0) is 16.0. The number of nitrogens with one attached hydrogen (secondary N) is 2. The molecule has 2 N–H and O–H groups in total. The Balaban J connectivity index is 2.77. The maximum Gasteiger partial charge on any atom is 0.236 e. The Morgan fingerprint density at radius 1 is 1.29 bits per heavy atom. The van der Waals surface area contributed by atoms with Crippen LogP contribution in [0, 0.1) is 5.82 Å². The number of benzene rings is 1. The quantitative estimate of drug-likeness (QED) is 0.772. The van der Waals surface area contributed by atoms with Crippen LogP contribution in [0.1, 0.15) is 27.7 Å². The number of anilines is 1. The summed E-state index contributed by atoms with van der Waals surface area (Å²) in [6.07, 6.45) is 0. The highest BCUT2D eigenvalue weighted by Crippen LogP contribution is 2.22. The van der Waals surface area contributed by atoms with E-state index in [1.165, 1.54) is 12.1 Å². The third-order valence-corrected chi connectivity index (χ3v) is 4.58. The van der Waals surface area contributed by atoms with Crippen molar-refractivity contribution in [3.63, 3.8) is 0 Å². The summed E-state index contributed by atoms with van der Waals surface area (Å²) in [6, 6.07) is 4.21. The van der Waals surface area contributed by atoms with Gasteiger partial charge in [0.2, 0.25) is 10.0 Å². The number of sulfonamides is 1. The van der Waals surface area contributed by atoms with E-state index in [1.54, 1.807) is 13.8 Å². The first-order valence-corrected chi connectivity index (χ1v) is 8.48. The molecule has 5 nitrogen and oxygen atoms in total. The molecule has 21 heavy (non-hydrogen) atoms. The number of ether oxygens (including phenoxy) is 1. The summed E-state index contributed by atoms with van der Waals surface area (Å²) >= 11 is 0. The Bertz CT molecular complexity index is 561. The van der Waals surface area contributed by atoms with Gasteiger partial charge in [0.05, 0.1) is 17.5 Å². The van der Waals surface area contributed by atoms with E-state index in [0.29, 0.717) is 13.2 Å². The van der Waals surface area contributed by atoms with E-state index in [0.717, 1.165) is 6.07 Å². The van der Waals surface area contributed by atoms with Crippen LogP contribution < -0.4 is 14.8 Å². The first-order chi connectivity index (χ1) is 9.76. The molecule has 0 bridgehead atoms. The largest absolute Gasteiger partial charge is 0.491 e. The second-order valence-electron chi connectivity index (χ2n) is 5.10. The van der Waals surface area contributed by atoms with Crippen molar-refractivity contribution >= 4 is 15.7 Å². The smallest absolute Gasteiger partial charge is 0.236 e. The molecule has 1 unspecified atom stereocenters. The van der Waals surface area contributed by atoms with Crippen molar-refractivity contribution < 1.29 is 17.5 Å². The van der Waals surface area contributed by atoms with Gasteiger partial charge in [0, 0.05) is 18.7 Å². The van der Waals surface area contributed by atoms with Gasteiger partial charge in [-0.25, -0.2) is 12.8 Å². The molecule has 120 valence electrons. The molecule has 0 fully saturated rings. The van der Waals surface area contributed by atoms with Crippen LogP contribution in [0.15, 0.2) is 18.2 Å². The number of rotatable bonds is 8. The summed E-state index contributed by atoms with van der Waals surface area (Å²) in [7, 11) is -3.57. The van der Waals surface area contributed by atoms with E-state index < -0.39 is 21.1 Å². The van der Waals surface area contributed by atoms with Crippen molar-refractivity contribution in [2.24, 2.45) is 0 Å². The molecule has 0 heterocycles. The van der Waals surface area contributed by atoms with E-state index >= 15 is 0 Å². The van der Waals surface area contributed by atoms with Gasteiger partial charge in [0.1, 0.15) is 0 Å². The zero-order valence-corrected chi connectivity index (χ0v) is 13.6. The van der Waals surface area contributed by atoms with Crippen molar-refractivity contribution in [2.75, 3.05) is 17.9 Å². The van der Waals surface area contributed by atoms with Gasteiger partial charge in [0.25, 0.3) is 0 Å². The molecule has 7 heteroatoms. The van der Waals surface area contributed by atoms with Crippen LogP contribution in [-0.2, 0) is 10.0 Å². The summed E-state index contributed by atoms with van der Waals surface area (Å²) in [5, 5.41) is 2.43. The maximum atomic E-state index is 13.7. The van der Waals surface area contributed by atoms with Crippen LogP contribution in [0.3, 0.4) is 0 Å². The van der Waals surface area contributed by atoms with Gasteiger partial charge in [0.15, 0.2) is 11.6 Å². The third kappa shape index (κ3) is 5.51. The normalized spacial score (nSPS) is 13.2. The van der Waals surface area contributed by atoms with Crippen molar-refractivity contribution in [1.82, 2.24) is 5.32 Å². The molecule has 0 aliphatic heterocycles. The minimum absolute atomic E-state index is 0.106. The number of hydrogen-bond donors (Lipinski definition) is 2. The average molecular weight is 318 g/mol. The molecule has 0 aromatic heterocycles. The number of hydrogen-bond acceptors (Lipinski definition) is 4. The van der Waals surface area contributed by atoms with Crippen LogP contribution >= 0.6 is 0 Å². The molecule has 1 aromatic rings. The first-order valence-electron chi connectivity index (χ1n) is 6.93. The molecule has 0 aliphatic carbocycles. The summed E-state index contributed by atoms with van der Waals surface area (Å²) in [6.45, 7) is 7.90. The summed E-state index contributed by atoms with van der Waals surface area (Å²) in [5.41, 5.74) is 0.187. The van der Waals surface area contributed by atoms with Crippen molar-refractivity contribution in [3.05, 3.63) is 24.0 Å². The predicted octanol–water partition coefficient (Wildman–Crippen LogP) is 2.35. The Morgan fingerprint density at radius 2 is 1.95 bits per heavy atom. The molecule has 0 aliphatic rings. The predicted molar refractivity (Wildman–Crippen MR) is 82.7 cm³/mol. The lowest BCUT2D eigenvalue weighted by atomic mass is 10.3. The lowest BCUT2D eigenvalue weighted by molar-refractivity contribution is 0.321. The zero-order valence-electron chi connectivity index (χ0n) is 12.8. The SMILES string of the molecule is CCOc1ccc(NS(=O)(=O)C(C)CNC(C)C)cc1F. The lowest BCUT2D eigenvalue weighted by Gasteiger charge is -2.17. The fourth-order valence-electron chi connectivity index (χ4n) is 1.61. The van der Waals surface area contributed by atoms with E-state index in [1.807, 2.05) is 13.8 Å². The highest BCUT2D eigenvalue weighted by Gasteiger charge is 2.21. The van der Waals surface area contributed by atoms with Gasteiger partial charge in [-0.1, -0.05) is 13.8 Å². The maximum absolute atomic E-state index is 13.7. The van der Waals surface area contributed by atoms with Gasteiger partial charge >= 0.3 is 0 Å². The van der Waals surface area contributed by atoms with Crippen molar-refractivity contribution in [1.29, 1.82) is 0 Å². The summed E-state index contributed by atoms with van der Waals surface area (Å²) < 4.78 is 45.4. The second kappa shape index (κ2) is 7.61. The van der Waals surface area contributed by atoms with Crippen LogP contribution in [0.25, 0.3) is 0 Å². The van der Waals surface area contributed by atoms with Crippen molar-refractivity contribution in [2.45, 2.75) is 39.0 Å². The molecule has 0 amide bonds. The molecule has 0 radical (unpaired) electrons. The van der Waals surface area contributed by atoms with Gasteiger partial charge < -0.3 is 10.1 Å². The highest BCUT2D eigenvalue weighted by molar-refractivity contribution is 7.93. The second-order valence-corrected chi connectivity index (χ2v) is 7.20. The number of halogens is 1. The van der Waals surface area contributed by atoms with Gasteiger partial charge in [-0.2, -0.15) is 0 Å². The van der Waals surface area contributed by atoms with Crippen LogP contribution in [0.2, 0.25) is 0 Å².